The Labute approximate surface area is 112 Å². The van der Waals surface area contributed by atoms with E-state index in [1.807, 2.05) is 0 Å². The van der Waals surface area contributed by atoms with E-state index in [0.717, 1.165) is 6.04 Å². The SMILES string of the molecule is CO[Si](Cc1cccc([Si](C)(C)C)c1)(OC)OC. The fourth-order valence-corrected chi connectivity index (χ4v) is 4.73. The van der Waals surface area contributed by atoms with Gasteiger partial charge in [0.1, 0.15) is 0 Å². The average molecular weight is 285 g/mol. The summed E-state index contributed by atoms with van der Waals surface area (Å²) in [5, 5.41) is 1.45. The van der Waals surface area contributed by atoms with Gasteiger partial charge in [-0.15, -0.1) is 0 Å². The molecule has 102 valence electrons. The van der Waals surface area contributed by atoms with Crippen molar-refractivity contribution >= 4 is 22.1 Å². The Morgan fingerprint density at radius 2 is 1.50 bits per heavy atom. The van der Waals surface area contributed by atoms with E-state index >= 15 is 0 Å². The average Bonchev–Trinajstić information content (AvgIpc) is 2.35. The monoisotopic (exact) mass is 284 g/mol. The van der Waals surface area contributed by atoms with E-state index < -0.39 is 16.9 Å². The van der Waals surface area contributed by atoms with Gasteiger partial charge in [0.05, 0.1) is 8.07 Å². The molecule has 1 rings (SSSR count). The lowest BCUT2D eigenvalue weighted by Crippen LogP contribution is -2.46. The highest BCUT2D eigenvalue weighted by Crippen LogP contribution is 2.15. The topological polar surface area (TPSA) is 27.7 Å². The molecule has 0 aliphatic rings. The van der Waals surface area contributed by atoms with Crippen LogP contribution in [0.1, 0.15) is 5.56 Å². The minimum Gasteiger partial charge on any atom is -0.377 e. The van der Waals surface area contributed by atoms with Gasteiger partial charge >= 0.3 is 8.80 Å². The molecule has 3 nitrogen and oxygen atoms in total. The molecule has 0 aliphatic carbocycles. The van der Waals surface area contributed by atoms with E-state index in [0.29, 0.717) is 0 Å². The summed E-state index contributed by atoms with van der Waals surface area (Å²) in [6, 6.07) is 9.43. The Balaban J connectivity index is 2.98. The lowest BCUT2D eigenvalue weighted by atomic mass is 10.2. The third kappa shape index (κ3) is 3.76. The van der Waals surface area contributed by atoms with Gasteiger partial charge in [0.15, 0.2) is 0 Å². The van der Waals surface area contributed by atoms with Crippen molar-refractivity contribution in [2.75, 3.05) is 21.3 Å². The molecule has 0 radical (unpaired) electrons. The Kier molecular flexibility index (Phi) is 5.30. The lowest BCUT2D eigenvalue weighted by Gasteiger charge is -2.25. The van der Waals surface area contributed by atoms with E-state index in [9.17, 15) is 0 Å². The highest BCUT2D eigenvalue weighted by atomic mass is 28.4. The maximum atomic E-state index is 5.47. The summed E-state index contributed by atoms with van der Waals surface area (Å²) in [5.74, 6) is 0. The summed E-state index contributed by atoms with van der Waals surface area (Å²) >= 11 is 0. The van der Waals surface area contributed by atoms with Crippen LogP contribution in [0.2, 0.25) is 19.6 Å². The molecule has 0 saturated heterocycles. The minimum absolute atomic E-state index is 0.717. The second-order valence-corrected chi connectivity index (χ2v) is 13.4. The van der Waals surface area contributed by atoms with E-state index in [4.69, 9.17) is 13.3 Å². The first-order valence-corrected chi connectivity index (χ1v) is 11.5. The van der Waals surface area contributed by atoms with Gasteiger partial charge in [0.2, 0.25) is 0 Å². The van der Waals surface area contributed by atoms with Crippen LogP contribution in [0.25, 0.3) is 0 Å². The van der Waals surface area contributed by atoms with Crippen LogP contribution in [-0.2, 0) is 19.3 Å². The highest BCUT2D eigenvalue weighted by molar-refractivity contribution is 6.88. The maximum absolute atomic E-state index is 5.47. The van der Waals surface area contributed by atoms with Crippen molar-refractivity contribution < 1.29 is 13.3 Å². The normalized spacial score (nSPS) is 12.8. The van der Waals surface area contributed by atoms with Gasteiger partial charge in [-0.25, -0.2) is 0 Å². The first-order valence-electron chi connectivity index (χ1n) is 6.12. The molecule has 0 unspecified atom stereocenters. The molecule has 0 aliphatic heterocycles. The van der Waals surface area contributed by atoms with Crippen LogP contribution in [0, 0.1) is 0 Å². The van der Waals surface area contributed by atoms with Crippen molar-refractivity contribution in [2.24, 2.45) is 0 Å². The Morgan fingerprint density at radius 3 is 1.94 bits per heavy atom. The molecule has 0 atom stereocenters. The molecule has 0 saturated carbocycles. The highest BCUT2D eigenvalue weighted by Gasteiger charge is 2.38. The number of hydrogen-bond donors (Lipinski definition) is 0. The number of hydrogen-bond acceptors (Lipinski definition) is 3. The van der Waals surface area contributed by atoms with Crippen molar-refractivity contribution in [1.29, 1.82) is 0 Å². The molecule has 0 aromatic heterocycles. The van der Waals surface area contributed by atoms with Crippen LogP contribution >= 0.6 is 0 Å². The van der Waals surface area contributed by atoms with E-state index in [1.54, 1.807) is 21.3 Å². The molecule has 0 fully saturated rings. The summed E-state index contributed by atoms with van der Waals surface area (Å²) in [5.41, 5.74) is 1.23. The molecule has 0 bridgehead atoms. The van der Waals surface area contributed by atoms with Gasteiger partial charge in [-0.05, 0) is 5.56 Å². The van der Waals surface area contributed by atoms with Crippen LogP contribution < -0.4 is 5.19 Å². The molecule has 1 aromatic carbocycles. The quantitative estimate of drug-likeness (QED) is 0.750. The Morgan fingerprint density at radius 1 is 0.944 bits per heavy atom. The third-order valence-corrected chi connectivity index (χ3v) is 7.90. The van der Waals surface area contributed by atoms with Crippen molar-refractivity contribution in [3.8, 4) is 0 Å². The number of benzene rings is 1. The van der Waals surface area contributed by atoms with Crippen molar-refractivity contribution in [2.45, 2.75) is 25.7 Å². The summed E-state index contributed by atoms with van der Waals surface area (Å²) in [6.45, 7) is 7.04. The van der Waals surface area contributed by atoms with Gasteiger partial charge in [-0.2, -0.15) is 0 Å². The van der Waals surface area contributed by atoms with Gasteiger partial charge in [-0.1, -0.05) is 49.1 Å². The van der Waals surface area contributed by atoms with Crippen LogP contribution in [0.15, 0.2) is 24.3 Å². The Hall–Kier alpha value is -0.466. The molecule has 0 amide bonds. The zero-order valence-electron chi connectivity index (χ0n) is 12.2. The smallest absolute Gasteiger partial charge is 0.377 e. The number of rotatable bonds is 6. The fourth-order valence-electron chi connectivity index (χ4n) is 1.86. The molecule has 5 heteroatoms. The minimum atomic E-state index is -2.52. The zero-order chi connectivity index (χ0) is 13.8. The van der Waals surface area contributed by atoms with Crippen LogP contribution in [0.5, 0.6) is 0 Å². The summed E-state index contributed by atoms with van der Waals surface area (Å²) in [6.07, 6.45) is 0. The first kappa shape index (κ1) is 15.6. The largest absolute Gasteiger partial charge is 0.504 e. The first-order chi connectivity index (χ1) is 8.37. The Bertz CT molecular complexity index is 376. The molecule has 0 N–H and O–H groups in total. The van der Waals surface area contributed by atoms with Crippen molar-refractivity contribution in [1.82, 2.24) is 0 Å². The van der Waals surface area contributed by atoms with Gasteiger partial charge < -0.3 is 13.3 Å². The van der Waals surface area contributed by atoms with Crippen molar-refractivity contribution in [3.05, 3.63) is 29.8 Å². The predicted octanol–water partition coefficient (Wildman–Crippen LogP) is 2.19. The third-order valence-electron chi connectivity index (χ3n) is 3.15. The van der Waals surface area contributed by atoms with Gasteiger partial charge in [0.25, 0.3) is 0 Å². The molecule has 1 aromatic rings. The fraction of sp³-hybridized carbons (Fsp3) is 0.538. The second-order valence-electron chi connectivity index (χ2n) is 5.42. The van der Waals surface area contributed by atoms with Crippen LogP contribution in [0.3, 0.4) is 0 Å². The zero-order valence-corrected chi connectivity index (χ0v) is 14.2. The molecule has 0 heterocycles. The predicted molar refractivity (Wildman–Crippen MR) is 79.9 cm³/mol. The van der Waals surface area contributed by atoms with E-state index in [1.165, 1.54) is 10.8 Å². The van der Waals surface area contributed by atoms with E-state index in [2.05, 4.69) is 43.9 Å². The second kappa shape index (κ2) is 6.12. The maximum Gasteiger partial charge on any atom is 0.504 e. The van der Waals surface area contributed by atoms with Gasteiger partial charge in [-0.3, -0.25) is 0 Å². The molecule has 18 heavy (non-hydrogen) atoms. The molecular formula is C13H24O3Si2. The van der Waals surface area contributed by atoms with E-state index in [-0.39, 0.29) is 0 Å². The standard InChI is InChI=1S/C13H24O3Si2/c1-14-18(15-2,16-3)11-12-8-7-9-13(10-12)17(4,5)6/h7-10H,11H2,1-6H3. The van der Waals surface area contributed by atoms with Crippen molar-refractivity contribution in [3.63, 3.8) is 0 Å². The molecular weight excluding hydrogens is 260 g/mol. The van der Waals surface area contributed by atoms with Crippen LogP contribution in [0.4, 0.5) is 0 Å². The van der Waals surface area contributed by atoms with Crippen LogP contribution in [-0.4, -0.2) is 38.2 Å². The van der Waals surface area contributed by atoms with Gasteiger partial charge in [0, 0.05) is 27.4 Å². The molecule has 0 spiro atoms. The summed E-state index contributed by atoms with van der Waals surface area (Å²) in [4.78, 5) is 0. The summed E-state index contributed by atoms with van der Waals surface area (Å²) in [7, 11) is 1.16. The lowest BCUT2D eigenvalue weighted by molar-refractivity contribution is 0.122. The summed E-state index contributed by atoms with van der Waals surface area (Å²) < 4.78 is 16.4.